The molecule has 0 aromatic heterocycles. The fourth-order valence-electron chi connectivity index (χ4n) is 2.97. The van der Waals surface area contributed by atoms with Crippen LogP contribution in [0.4, 0.5) is 10.5 Å². The molecule has 134 valence electrons. The van der Waals surface area contributed by atoms with Gasteiger partial charge in [-0.1, -0.05) is 37.5 Å². The molecule has 0 bridgehead atoms. The van der Waals surface area contributed by atoms with E-state index in [0.717, 1.165) is 25.3 Å². The number of amides is 2. The number of rotatable bonds is 9. The number of carbonyl (C=O) groups is 1. The Hall–Kier alpha value is -1.75. The highest BCUT2D eigenvalue weighted by molar-refractivity contribution is 5.73. The van der Waals surface area contributed by atoms with Crippen molar-refractivity contribution in [3.05, 3.63) is 30.3 Å². The van der Waals surface area contributed by atoms with Crippen LogP contribution in [0.5, 0.6) is 0 Å². The largest absolute Gasteiger partial charge is 0.378 e. The quantitative estimate of drug-likeness (QED) is 0.683. The molecule has 0 aliphatic heterocycles. The molecule has 1 aliphatic carbocycles. The van der Waals surface area contributed by atoms with Gasteiger partial charge in [-0.05, 0) is 31.4 Å². The van der Waals surface area contributed by atoms with E-state index in [-0.39, 0.29) is 6.03 Å². The number of ether oxygens (including phenoxy) is 1. The number of hydrogen-bond donors (Lipinski definition) is 2. The summed E-state index contributed by atoms with van der Waals surface area (Å²) in [5, 5.41) is 5.78. The maximum Gasteiger partial charge on any atom is 0.314 e. The molecule has 1 aromatic rings. The lowest BCUT2D eigenvalue weighted by atomic mass is 9.98. The van der Waals surface area contributed by atoms with Crippen molar-refractivity contribution in [3.8, 4) is 0 Å². The molecule has 0 atom stereocenters. The summed E-state index contributed by atoms with van der Waals surface area (Å²) in [5.74, 6) is 0. The van der Waals surface area contributed by atoms with Crippen LogP contribution in [0.1, 0.15) is 38.5 Å². The third-order valence-corrected chi connectivity index (χ3v) is 4.44. The van der Waals surface area contributed by atoms with Gasteiger partial charge in [0.05, 0.1) is 6.10 Å². The number of nitrogens with one attached hydrogen (secondary N) is 2. The van der Waals surface area contributed by atoms with Gasteiger partial charge < -0.3 is 20.3 Å². The fraction of sp³-hybridized carbons (Fsp3) is 0.632. The maximum atomic E-state index is 11.7. The fourth-order valence-corrected chi connectivity index (χ4v) is 2.97. The number of urea groups is 1. The number of carbonyl (C=O) groups excluding carboxylic acids is 1. The van der Waals surface area contributed by atoms with Gasteiger partial charge in [0.25, 0.3) is 0 Å². The second-order valence-electron chi connectivity index (χ2n) is 6.42. The first-order chi connectivity index (χ1) is 11.8. The van der Waals surface area contributed by atoms with E-state index in [1.807, 2.05) is 25.2 Å². The molecule has 2 rings (SSSR count). The first-order valence-electron chi connectivity index (χ1n) is 9.15. The van der Waals surface area contributed by atoms with Crippen molar-refractivity contribution >= 4 is 11.7 Å². The highest BCUT2D eigenvalue weighted by Crippen LogP contribution is 2.20. The standard InChI is InChI=1S/C19H31N3O2/c1-22(17-9-4-2-5-10-17)15-14-21-19(23)20-13-8-16-24-18-11-6-3-7-12-18/h2,4-5,9-10,18H,3,6-8,11-16H2,1H3,(H2,20,21,23). The SMILES string of the molecule is CN(CCNC(=O)NCCCOC1CCCCC1)c1ccccc1. The predicted molar refractivity (Wildman–Crippen MR) is 98.6 cm³/mol. The molecular formula is C19H31N3O2. The number of hydrogen-bond acceptors (Lipinski definition) is 3. The summed E-state index contributed by atoms with van der Waals surface area (Å²) in [6, 6.07) is 10.1. The summed E-state index contributed by atoms with van der Waals surface area (Å²) >= 11 is 0. The van der Waals surface area contributed by atoms with E-state index in [0.29, 0.717) is 19.2 Å². The average Bonchev–Trinajstić information content (AvgIpc) is 2.63. The van der Waals surface area contributed by atoms with Crippen LogP contribution < -0.4 is 15.5 Å². The summed E-state index contributed by atoms with van der Waals surface area (Å²) < 4.78 is 5.85. The van der Waals surface area contributed by atoms with Crippen LogP contribution in [0.15, 0.2) is 30.3 Å². The molecule has 5 heteroatoms. The summed E-state index contributed by atoms with van der Waals surface area (Å²) in [4.78, 5) is 13.9. The van der Waals surface area contributed by atoms with Gasteiger partial charge in [-0.2, -0.15) is 0 Å². The van der Waals surface area contributed by atoms with Crippen molar-refractivity contribution in [3.63, 3.8) is 0 Å². The zero-order valence-electron chi connectivity index (χ0n) is 14.8. The Bertz CT molecular complexity index is 461. The van der Waals surface area contributed by atoms with Gasteiger partial charge in [-0.25, -0.2) is 4.79 Å². The molecule has 5 nitrogen and oxygen atoms in total. The maximum absolute atomic E-state index is 11.7. The Morgan fingerprint density at radius 1 is 1.12 bits per heavy atom. The Kier molecular flexibility index (Phi) is 8.46. The topological polar surface area (TPSA) is 53.6 Å². The summed E-state index contributed by atoms with van der Waals surface area (Å²) in [5.41, 5.74) is 1.15. The number of benzene rings is 1. The molecule has 1 aromatic carbocycles. The Morgan fingerprint density at radius 2 is 1.83 bits per heavy atom. The molecule has 1 saturated carbocycles. The van der Waals surface area contributed by atoms with Gasteiger partial charge in [-0.3, -0.25) is 0 Å². The van der Waals surface area contributed by atoms with Crippen LogP contribution in [0.2, 0.25) is 0 Å². The lowest BCUT2D eigenvalue weighted by molar-refractivity contribution is 0.0275. The Balaban J connectivity index is 1.46. The summed E-state index contributed by atoms with van der Waals surface area (Å²) in [7, 11) is 2.03. The van der Waals surface area contributed by atoms with Crippen LogP contribution in [-0.2, 0) is 4.74 Å². The normalized spacial score (nSPS) is 15.0. The van der Waals surface area contributed by atoms with Gasteiger partial charge in [0, 0.05) is 39.0 Å². The highest BCUT2D eigenvalue weighted by Gasteiger charge is 2.13. The van der Waals surface area contributed by atoms with Crippen LogP contribution in [0.3, 0.4) is 0 Å². The number of nitrogens with zero attached hydrogens (tertiary/aromatic N) is 1. The molecule has 0 heterocycles. The number of para-hydroxylation sites is 1. The van der Waals surface area contributed by atoms with Gasteiger partial charge in [0.15, 0.2) is 0 Å². The van der Waals surface area contributed by atoms with Crippen LogP contribution in [-0.4, -0.2) is 45.4 Å². The summed E-state index contributed by atoms with van der Waals surface area (Å²) in [6.45, 7) is 2.80. The molecule has 0 unspecified atom stereocenters. The molecule has 0 saturated heterocycles. The van der Waals surface area contributed by atoms with E-state index < -0.39 is 0 Å². The third kappa shape index (κ3) is 7.21. The van der Waals surface area contributed by atoms with Crippen molar-refractivity contribution in [2.45, 2.75) is 44.6 Å². The monoisotopic (exact) mass is 333 g/mol. The van der Waals surface area contributed by atoms with Gasteiger partial charge in [0.1, 0.15) is 0 Å². The van der Waals surface area contributed by atoms with E-state index in [4.69, 9.17) is 4.74 Å². The van der Waals surface area contributed by atoms with Gasteiger partial charge >= 0.3 is 6.03 Å². The first-order valence-corrected chi connectivity index (χ1v) is 9.15. The average molecular weight is 333 g/mol. The molecule has 2 N–H and O–H groups in total. The molecule has 0 spiro atoms. The zero-order valence-corrected chi connectivity index (χ0v) is 14.8. The van der Waals surface area contributed by atoms with Crippen molar-refractivity contribution in [2.24, 2.45) is 0 Å². The van der Waals surface area contributed by atoms with E-state index in [2.05, 4.69) is 27.7 Å². The van der Waals surface area contributed by atoms with E-state index in [1.54, 1.807) is 0 Å². The smallest absolute Gasteiger partial charge is 0.314 e. The molecule has 2 amide bonds. The molecule has 0 radical (unpaired) electrons. The second kappa shape index (κ2) is 10.9. The minimum atomic E-state index is -0.103. The third-order valence-electron chi connectivity index (χ3n) is 4.44. The van der Waals surface area contributed by atoms with Crippen molar-refractivity contribution in [1.82, 2.24) is 10.6 Å². The molecule has 1 aliphatic rings. The highest BCUT2D eigenvalue weighted by atomic mass is 16.5. The van der Waals surface area contributed by atoms with E-state index in [9.17, 15) is 4.79 Å². The van der Waals surface area contributed by atoms with Gasteiger partial charge in [0.2, 0.25) is 0 Å². The van der Waals surface area contributed by atoms with Crippen molar-refractivity contribution in [2.75, 3.05) is 38.2 Å². The predicted octanol–water partition coefficient (Wildman–Crippen LogP) is 3.16. The van der Waals surface area contributed by atoms with Crippen LogP contribution in [0, 0.1) is 0 Å². The van der Waals surface area contributed by atoms with E-state index >= 15 is 0 Å². The van der Waals surface area contributed by atoms with Crippen molar-refractivity contribution < 1.29 is 9.53 Å². The van der Waals surface area contributed by atoms with Crippen LogP contribution in [0.25, 0.3) is 0 Å². The minimum Gasteiger partial charge on any atom is -0.378 e. The Morgan fingerprint density at radius 3 is 2.58 bits per heavy atom. The van der Waals surface area contributed by atoms with E-state index in [1.165, 1.54) is 32.1 Å². The van der Waals surface area contributed by atoms with Gasteiger partial charge in [-0.15, -0.1) is 0 Å². The molecule has 1 fully saturated rings. The molecular weight excluding hydrogens is 302 g/mol. The van der Waals surface area contributed by atoms with Crippen molar-refractivity contribution in [1.29, 1.82) is 0 Å². The zero-order chi connectivity index (χ0) is 17.0. The second-order valence-corrected chi connectivity index (χ2v) is 6.42. The van der Waals surface area contributed by atoms with Crippen LogP contribution >= 0.6 is 0 Å². The summed E-state index contributed by atoms with van der Waals surface area (Å²) in [6.07, 6.45) is 7.65. The Labute approximate surface area is 145 Å². The first kappa shape index (κ1) is 18.6. The number of likely N-dealkylation sites (N-methyl/N-ethyl adjacent to an activating group) is 1. The molecule has 24 heavy (non-hydrogen) atoms. The minimum absolute atomic E-state index is 0.103. The lowest BCUT2D eigenvalue weighted by Crippen LogP contribution is -2.40. The number of anilines is 1. The lowest BCUT2D eigenvalue weighted by Gasteiger charge is -2.22.